The molecule has 0 aliphatic heterocycles. The lowest BCUT2D eigenvalue weighted by Gasteiger charge is -2.06. The fourth-order valence-electron chi connectivity index (χ4n) is 2.57. The number of hydrogen-bond acceptors (Lipinski definition) is 2. The van der Waals surface area contributed by atoms with Gasteiger partial charge >= 0.3 is 0 Å². The third-order valence-electron chi connectivity index (χ3n) is 3.66. The van der Waals surface area contributed by atoms with Crippen LogP contribution in [0.25, 0.3) is 32.8 Å². The highest BCUT2D eigenvalue weighted by Gasteiger charge is 2.05. The van der Waals surface area contributed by atoms with Gasteiger partial charge in [-0.2, -0.15) is 0 Å². The summed E-state index contributed by atoms with van der Waals surface area (Å²) < 4.78 is 13.0. The number of benzene rings is 2. The first-order valence-electron chi connectivity index (χ1n) is 6.70. The van der Waals surface area contributed by atoms with E-state index >= 15 is 0 Å². The first-order chi connectivity index (χ1) is 10.3. The molecule has 4 rings (SSSR count). The third kappa shape index (κ3) is 2.03. The summed E-state index contributed by atoms with van der Waals surface area (Å²) in [5.74, 6) is -0.234. The summed E-state index contributed by atoms with van der Waals surface area (Å²) in [4.78, 5) is 8.71. The van der Waals surface area contributed by atoms with Crippen LogP contribution in [0.4, 0.5) is 4.39 Å². The first-order valence-corrected chi connectivity index (χ1v) is 6.70. The maximum atomic E-state index is 13.0. The third-order valence-corrected chi connectivity index (χ3v) is 3.66. The van der Waals surface area contributed by atoms with E-state index in [1.807, 2.05) is 30.6 Å². The first kappa shape index (κ1) is 12.0. The van der Waals surface area contributed by atoms with Crippen molar-refractivity contribution < 1.29 is 4.39 Å². The lowest BCUT2D eigenvalue weighted by atomic mass is 10.0. The van der Waals surface area contributed by atoms with Crippen molar-refractivity contribution in [2.45, 2.75) is 0 Å². The van der Waals surface area contributed by atoms with Gasteiger partial charge in [0.25, 0.3) is 0 Å². The molecule has 0 saturated carbocycles. The largest absolute Gasteiger partial charge is 0.264 e. The van der Waals surface area contributed by atoms with Gasteiger partial charge in [0, 0.05) is 34.9 Å². The van der Waals surface area contributed by atoms with Gasteiger partial charge in [-0.1, -0.05) is 18.2 Å². The topological polar surface area (TPSA) is 25.8 Å². The van der Waals surface area contributed by atoms with Crippen LogP contribution in [0, 0.1) is 5.82 Å². The molecule has 2 aromatic carbocycles. The number of aromatic nitrogens is 2. The van der Waals surface area contributed by atoms with Crippen LogP contribution in [-0.2, 0) is 0 Å². The Hall–Kier alpha value is -2.81. The Bertz CT molecular complexity index is 946. The van der Waals surface area contributed by atoms with Crippen molar-refractivity contribution in [3.05, 3.63) is 72.9 Å². The van der Waals surface area contributed by atoms with E-state index in [2.05, 4.69) is 16.0 Å². The van der Waals surface area contributed by atoms with Crippen molar-refractivity contribution in [1.29, 1.82) is 0 Å². The molecule has 2 nitrogen and oxygen atoms in total. The summed E-state index contributed by atoms with van der Waals surface area (Å²) >= 11 is 0. The second-order valence-electron chi connectivity index (χ2n) is 4.96. The lowest BCUT2D eigenvalue weighted by Crippen LogP contribution is -1.86. The second kappa shape index (κ2) is 4.63. The predicted molar refractivity (Wildman–Crippen MR) is 82.4 cm³/mol. The van der Waals surface area contributed by atoms with Gasteiger partial charge in [0.1, 0.15) is 5.82 Å². The molecule has 0 N–H and O–H groups in total. The van der Waals surface area contributed by atoms with Crippen molar-refractivity contribution in [2.75, 3.05) is 0 Å². The predicted octanol–water partition coefficient (Wildman–Crippen LogP) is 4.59. The maximum Gasteiger partial charge on any atom is 0.123 e. The zero-order valence-electron chi connectivity index (χ0n) is 11.1. The molecule has 0 amide bonds. The second-order valence-corrected chi connectivity index (χ2v) is 4.96. The number of halogens is 1. The van der Waals surface area contributed by atoms with Crippen LogP contribution >= 0.6 is 0 Å². The highest BCUT2D eigenvalue weighted by molar-refractivity contribution is 6.06. The summed E-state index contributed by atoms with van der Waals surface area (Å²) in [5.41, 5.74) is 2.85. The Balaban J connectivity index is 2.00. The van der Waals surface area contributed by atoms with Crippen LogP contribution in [0.5, 0.6) is 0 Å². The van der Waals surface area contributed by atoms with Crippen LogP contribution in [0.15, 0.2) is 67.1 Å². The van der Waals surface area contributed by atoms with Gasteiger partial charge < -0.3 is 0 Å². The molecule has 2 aromatic heterocycles. The van der Waals surface area contributed by atoms with E-state index in [4.69, 9.17) is 0 Å². The molecule has 0 atom stereocenters. The SMILES string of the molecule is Fc1ccc(-c2cnc3ccc4ccncc4c3c2)cc1. The molecular weight excluding hydrogens is 263 g/mol. The minimum Gasteiger partial charge on any atom is -0.264 e. The van der Waals surface area contributed by atoms with Gasteiger partial charge in [-0.25, -0.2) is 4.39 Å². The fraction of sp³-hybridized carbons (Fsp3) is 0. The van der Waals surface area contributed by atoms with Gasteiger partial charge in [-0.05, 0) is 41.3 Å². The van der Waals surface area contributed by atoms with E-state index in [0.717, 1.165) is 32.8 Å². The van der Waals surface area contributed by atoms with Crippen LogP contribution in [0.3, 0.4) is 0 Å². The number of rotatable bonds is 1. The van der Waals surface area contributed by atoms with Crippen LogP contribution in [-0.4, -0.2) is 9.97 Å². The molecule has 3 heteroatoms. The number of hydrogen-bond donors (Lipinski definition) is 0. The van der Waals surface area contributed by atoms with Crippen molar-refractivity contribution in [1.82, 2.24) is 9.97 Å². The zero-order chi connectivity index (χ0) is 14.2. The van der Waals surface area contributed by atoms with Crippen molar-refractivity contribution in [3.63, 3.8) is 0 Å². The zero-order valence-corrected chi connectivity index (χ0v) is 11.1. The Morgan fingerprint density at radius 1 is 0.762 bits per heavy atom. The molecular formula is C18H11FN2. The highest BCUT2D eigenvalue weighted by Crippen LogP contribution is 2.28. The molecule has 0 radical (unpaired) electrons. The van der Waals surface area contributed by atoms with Crippen molar-refractivity contribution in [2.24, 2.45) is 0 Å². The molecule has 0 bridgehead atoms. The van der Waals surface area contributed by atoms with Gasteiger partial charge in [0.15, 0.2) is 0 Å². The number of pyridine rings is 2. The summed E-state index contributed by atoms with van der Waals surface area (Å²) in [6.45, 7) is 0. The van der Waals surface area contributed by atoms with Crippen LogP contribution in [0.2, 0.25) is 0 Å². The van der Waals surface area contributed by atoms with Gasteiger partial charge in [0.05, 0.1) is 5.52 Å². The molecule has 0 fully saturated rings. The minimum atomic E-state index is -0.234. The van der Waals surface area contributed by atoms with E-state index in [0.29, 0.717) is 0 Å². The van der Waals surface area contributed by atoms with Crippen LogP contribution in [0.1, 0.15) is 0 Å². The average Bonchev–Trinajstić information content (AvgIpc) is 2.55. The normalized spacial score (nSPS) is 11.1. The quantitative estimate of drug-likeness (QED) is 0.474. The van der Waals surface area contributed by atoms with Gasteiger partial charge in [-0.3, -0.25) is 9.97 Å². The highest BCUT2D eigenvalue weighted by atomic mass is 19.1. The summed E-state index contributed by atoms with van der Waals surface area (Å²) in [6, 6.07) is 14.6. The molecule has 0 saturated heterocycles. The Kier molecular flexibility index (Phi) is 2.64. The van der Waals surface area contributed by atoms with E-state index < -0.39 is 0 Å². The van der Waals surface area contributed by atoms with Crippen molar-refractivity contribution in [3.8, 4) is 11.1 Å². The summed E-state index contributed by atoms with van der Waals surface area (Å²) in [6.07, 6.45) is 5.46. The Labute approximate surface area is 120 Å². The standard InChI is InChI=1S/C18H11FN2/c19-15-4-1-12(2-5-15)14-9-16-17-11-20-8-7-13(17)3-6-18(16)21-10-14/h1-11H. The molecule has 0 aliphatic carbocycles. The van der Waals surface area contributed by atoms with Crippen molar-refractivity contribution >= 4 is 21.7 Å². The number of fused-ring (bicyclic) bond motifs is 3. The molecule has 4 aromatic rings. The molecule has 0 aliphatic rings. The van der Waals surface area contributed by atoms with E-state index in [1.165, 1.54) is 12.1 Å². The maximum absolute atomic E-state index is 13.0. The van der Waals surface area contributed by atoms with Crippen LogP contribution < -0.4 is 0 Å². The smallest absolute Gasteiger partial charge is 0.123 e. The number of nitrogens with zero attached hydrogens (tertiary/aromatic N) is 2. The van der Waals surface area contributed by atoms with E-state index in [9.17, 15) is 4.39 Å². The monoisotopic (exact) mass is 274 g/mol. The fourth-order valence-corrected chi connectivity index (χ4v) is 2.57. The molecule has 0 unspecified atom stereocenters. The summed E-state index contributed by atoms with van der Waals surface area (Å²) in [5, 5.41) is 3.27. The Morgan fingerprint density at radius 3 is 2.48 bits per heavy atom. The molecule has 0 spiro atoms. The van der Waals surface area contributed by atoms with Gasteiger partial charge in [0.2, 0.25) is 0 Å². The lowest BCUT2D eigenvalue weighted by molar-refractivity contribution is 0.628. The van der Waals surface area contributed by atoms with E-state index in [-0.39, 0.29) is 5.82 Å². The minimum absolute atomic E-state index is 0.234. The molecule has 2 heterocycles. The molecule has 100 valence electrons. The van der Waals surface area contributed by atoms with E-state index in [1.54, 1.807) is 18.3 Å². The summed E-state index contributed by atoms with van der Waals surface area (Å²) in [7, 11) is 0. The Morgan fingerprint density at radius 2 is 1.62 bits per heavy atom. The molecule has 21 heavy (non-hydrogen) atoms. The average molecular weight is 274 g/mol. The van der Waals surface area contributed by atoms with Gasteiger partial charge in [-0.15, -0.1) is 0 Å².